The predicted octanol–water partition coefficient (Wildman–Crippen LogP) is 4.57. The van der Waals surface area contributed by atoms with E-state index >= 15 is 0 Å². The van der Waals surface area contributed by atoms with Gasteiger partial charge in [-0.2, -0.15) is 10.2 Å². The summed E-state index contributed by atoms with van der Waals surface area (Å²) in [6.07, 6.45) is 2.95. The molecule has 40 heavy (non-hydrogen) atoms. The largest absolute Gasteiger partial charge is 0.473 e. The average molecular weight is 562 g/mol. The van der Waals surface area contributed by atoms with Gasteiger partial charge in [-0.1, -0.05) is 23.7 Å². The summed E-state index contributed by atoms with van der Waals surface area (Å²) >= 11 is 5.85. The summed E-state index contributed by atoms with van der Waals surface area (Å²) in [4.78, 5) is 18.5. The summed E-state index contributed by atoms with van der Waals surface area (Å²) in [6.45, 7) is 6.88. The molecule has 206 valence electrons. The van der Waals surface area contributed by atoms with E-state index in [-0.39, 0.29) is 18.8 Å². The first-order valence-corrected chi connectivity index (χ1v) is 13.7. The first-order chi connectivity index (χ1) is 19.5. The number of benzene rings is 1. The number of rotatable bonds is 8. The number of anilines is 1. The second kappa shape index (κ2) is 11.4. The molecule has 0 N–H and O–H groups in total. The number of halogens is 2. The molecule has 2 fully saturated rings. The normalized spacial score (nSPS) is 19.4. The molecule has 4 aromatic rings. The minimum Gasteiger partial charge on any atom is -0.473 e. The molecule has 1 aromatic carbocycles. The van der Waals surface area contributed by atoms with Gasteiger partial charge in [-0.15, -0.1) is 0 Å². The molecule has 2 saturated heterocycles. The van der Waals surface area contributed by atoms with Gasteiger partial charge in [0, 0.05) is 55.0 Å². The summed E-state index contributed by atoms with van der Waals surface area (Å²) < 4.78 is 27.8. The molecule has 3 aromatic heterocycles. The van der Waals surface area contributed by atoms with Crippen LogP contribution in [0.15, 0.2) is 48.7 Å². The van der Waals surface area contributed by atoms with Crippen LogP contribution in [0.25, 0.3) is 11.0 Å². The Bertz CT molecular complexity index is 1570. The van der Waals surface area contributed by atoms with Crippen molar-refractivity contribution in [3.8, 4) is 11.9 Å². The third-order valence-corrected chi connectivity index (χ3v) is 7.78. The van der Waals surface area contributed by atoms with E-state index in [4.69, 9.17) is 26.1 Å². The van der Waals surface area contributed by atoms with Gasteiger partial charge in [-0.05, 0) is 31.5 Å². The van der Waals surface area contributed by atoms with Gasteiger partial charge >= 0.3 is 0 Å². The number of ether oxygens (including phenoxy) is 2. The molecule has 0 bridgehead atoms. The standard InChI is InChI=1S/C29H29ClFN7O2/c1-19-15-37(27-3-2-4-29(35-27)40-18-20-5-6-21(30)11-24(20)31)9-8-36(19)17-28-34-25-12-22(13-32)33-14-26(25)38(28)16-23-7-10-39-23/h2-6,11-12,14,19,23H,7-10,15-18H2,1H3. The Hall–Kier alpha value is -3.78. The third-order valence-electron chi connectivity index (χ3n) is 7.54. The summed E-state index contributed by atoms with van der Waals surface area (Å²) in [5.74, 6) is 1.82. The Kier molecular flexibility index (Phi) is 7.52. The molecule has 2 unspecified atom stereocenters. The number of nitriles is 1. The van der Waals surface area contributed by atoms with Crippen LogP contribution in [0.3, 0.4) is 0 Å². The monoisotopic (exact) mass is 561 g/mol. The number of piperazine rings is 1. The molecule has 5 heterocycles. The minimum absolute atomic E-state index is 0.0713. The van der Waals surface area contributed by atoms with Crippen molar-refractivity contribution in [1.82, 2.24) is 24.4 Å². The first-order valence-electron chi connectivity index (χ1n) is 13.4. The highest BCUT2D eigenvalue weighted by atomic mass is 35.5. The second-order valence-corrected chi connectivity index (χ2v) is 10.7. The van der Waals surface area contributed by atoms with Crippen LogP contribution in [0.5, 0.6) is 5.88 Å². The van der Waals surface area contributed by atoms with E-state index < -0.39 is 5.82 Å². The van der Waals surface area contributed by atoms with Crippen molar-refractivity contribution in [3.63, 3.8) is 0 Å². The van der Waals surface area contributed by atoms with Gasteiger partial charge in [0.05, 0.1) is 36.4 Å². The predicted molar refractivity (Wildman–Crippen MR) is 149 cm³/mol. The highest BCUT2D eigenvalue weighted by Crippen LogP contribution is 2.25. The van der Waals surface area contributed by atoms with Crippen LogP contribution >= 0.6 is 11.6 Å². The van der Waals surface area contributed by atoms with Crippen molar-refractivity contribution in [1.29, 1.82) is 5.26 Å². The van der Waals surface area contributed by atoms with E-state index in [9.17, 15) is 9.65 Å². The molecule has 11 heteroatoms. The molecule has 0 radical (unpaired) electrons. The van der Waals surface area contributed by atoms with Crippen molar-refractivity contribution in [2.75, 3.05) is 31.1 Å². The number of aromatic nitrogens is 4. The SMILES string of the molecule is CC1CN(c2cccc(OCc3ccc(Cl)cc3F)n2)CCN1Cc1nc2cc(C#N)ncc2n1CC1CCO1. The summed E-state index contributed by atoms with van der Waals surface area (Å²) in [6, 6.07) is 14.3. The van der Waals surface area contributed by atoms with Crippen LogP contribution in [-0.4, -0.2) is 62.8 Å². The van der Waals surface area contributed by atoms with Crippen molar-refractivity contribution >= 4 is 28.5 Å². The maximum Gasteiger partial charge on any atom is 0.215 e. The van der Waals surface area contributed by atoms with Crippen molar-refractivity contribution in [2.24, 2.45) is 0 Å². The first kappa shape index (κ1) is 26.4. The van der Waals surface area contributed by atoms with Crippen LogP contribution < -0.4 is 9.64 Å². The lowest BCUT2D eigenvalue weighted by molar-refractivity contribution is -0.0592. The van der Waals surface area contributed by atoms with E-state index in [1.165, 1.54) is 6.07 Å². The van der Waals surface area contributed by atoms with Gasteiger partial charge in [0.1, 0.15) is 35.8 Å². The fraction of sp³-hybridized carbons (Fsp3) is 0.379. The zero-order valence-electron chi connectivity index (χ0n) is 22.1. The van der Waals surface area contributed by atoms with Crippen LogP contribution in [0.1, 0.15) is 30.4 Å². The van der Waals surface area contributed by atoms with Gasteiger partial charge in [0.15, 0.2) is 0 Å². The number of nitrogens with zero attached hydrogens (tertiary/aromatic N) is 7. The molecule has 2 aliphatic heterocycles. The molecule has 0 spiro atoms. The fourth-order valence-electron chi connectivity index (χ4n) is 5.16. The lowest BCUT2D eigenvalue weighted by atomic mass is 10.1. The molecule has 0 amide bonds. The number of hydrogen-bond donors (Lipinski definition) is 0. The molecular weight excluding hydrogens is 533 g/mol. The quantitative estimate of drug-likeness (QED) is 0.309. The molecule has 0 aliphatic carbocycles. The van der Waals surface area contributed by atoms with Gasteiger partial charge in [0.2, 0.25) is 5.88 Å². The molecule has 0 saturated carbocycles. The number of imidazole rings is 1. The molecular formula is C29H29ClFN7O2. The Morgan fingerprint density at radius 2 is 2.08 bits per heavy atom. The lowest BCUT2D eigenvalue weighted by Crippen LogP contribution is -2.52. The lowest BCUT2D eigenvalue weighted by Gasteiger charge is -2.40. The average Bonchev–Trinajstić information content (AvgIpc) is 3.27. The van der Waals surface area contributed by atoms with Crippen molar-refractivity contribution < 1.29 is 13.9 Å². The topological polar surface area (TPSA) is 92.3 Å². The number of fused-ring (bicyclic) bond motifs is 1. The number of pyridine rings is 2. The van der Waals surface area contributed by atoms with Gasteiger partial charge in [-0.25, -0.2) is 14.4 Å². The van der Waals surface area contributed by atoms with Gasteiger partial charge in [-0.3, -0.25) is 4.90 Å². The highest BCUT2D eigenvalue weighted by molar-refractivity contribution is 6.30. The summed E-state index contributed by atoms with van der Waals surface area (Å²) in [7, 11) is 0. The van der Waals surface area contributed by atoms with E-state index in [1.54, 1.807) is 30.5 Å². The van der Waals surface area contributed by atoms with Crippen LogP contribution in [0.4, 0.5) is 10.2 Å². The van der Waals surface area contributed by atoms with E-state index in [1.807, 2.05) is 12.1 Å². The summed E-state index contributed by atoms with van der Waals surface area (Å²) in [5.41, 5.74) is 2.50. The van der Waals surface area contributed by atoms with Crippen molar-refractivity contribution in [3.05, 3.63) is 76.6 Å². The number of hydrogen-bond acceptors (Lipinski definition) is 8. The van der Waals surface area contributed by atoms with E-state index in [2.05, 4.69) is 37.3 Å². The maximum atomic E-state index is 14.1. The Labute approximate surface area is 236 Å². The van der Waals surface area contributed by atoms with Crippen molar-refractivity contribution in [2.45, 2.75) is 45.2 Å². The van der Waals surface area contributed by atoms with E-state index in [0.29, 0.717) is 28.7 Å². The zero-order valence-corrected chi connectivity index (χ0v) is 22.9. The molecule has 9 nitrogen and oxygen atoms in total. The highest BCUT2D eigenvalue weighted by Gasteiger charge is 2.28. The Morgan fingerprint density at radius 1 is 1.20 bits per heavy atom. The van der Waals surface area contributed by atoms with Crippen LogP contribution in [0.2, 0.25) is 5.02 Å². The molecule has 2 aliphatic rings. The van der Waals surface area contributed by atoms with Gasteiger partial charge < -0.3 is 18.9 Å². The molecule has 6 rings (SSSR count). The fourth-order valence-corrected chi connectivity index (χ4v) is 5.32. The Morgan fingerprint density at radius 3 is 2.83 bits per heavy atom. The maximum absolute atomic E-state index is 14.1. The summed E-state index contributed by atoms with van der Waals surface area (Å²) in [5, 5.41) is 9.64. The second-order valence-electron chi connectivity index (χ2n) is 10.2. The van der Waals surface area contributed by atoms with Gasteiger partial charge in [0.25, 0.3) is 0 Å². The smallest absolute Gasteiger partial charge is 0.215 e. The van der Waals surface area contributed by atoms with Crippen LogP contribution in [-0.2, 0) is 24.4 Å². The van der Waals surface area contributed by atoms with E-state index in [0.717, 1.165) is 61.9 Å². The molecule has 2 atom stereocenters. The zero-order chi connectivity index (χ0) is 27.6. The third kappa shape index (κ3) is 5.59. The van der Waals surface area contributed by atoms with Crippen LogP contribution in [0, 0.1) is 17.1 Å². The Balaban J connectivity index is 1.13. The minimum atomic E-state index is -0.399.